The molecule has 1 aromatic heterocycles. The molecule has 0 spiro atoms. The molecule has 117 heavy (non-hydrogen) atoms. The quantitative estimate of drug-likeness (QED) is 0.0142. The van der Waals surface area contributed by atoms with Crippen LogP contribution in [-0.4, -0.2) is 258 Å². The number of halogens is 1. The first kappa shape index (κ1) is 101. The number of fused-ring (bicyclic) bond motifs is 1. The maximum Gasteiger partial charge on any atom is 0.326 e. The number of amides is 14. The Morgan fingerprint density at radius 1 is 0.444 bits per heavy atom. The molecule has 646 valence electrons. The normalized spacial score (nSPS) is 14.2. The largest absolute Gasteiger partial charge is 0.481 e. The van der Waals surface area contributed by atoms with Gasteiger partial charge < -0.3 is 127 Å². The van der Waals surface area contributed by atoms with E-state index in [9.17, 15) is 132 Å². The van der Waals surface area contributed by atoms with Crippen molar-refractivity contribution in [3.63, 3.8) is 0 Å². The van der Waals surface area contributed by atoms with E-state index >= 15 is 0 Å². The first-order chi connectivity index (χ1) is 54.7. The van der Waals surface area contributed by atoms with E-state index in [1.165, 1.54) is 24.3 Å². The number of nitrogens with one attached hydrogen (secondary N) is 14. The van der Waals surface area contributed by atoms with Gasteiger partial charge in [-0.2, -0.15) is 0 Å². The number of nitrogens with two attached hydrogens (primary N) is 3. The highest BCUT2D eigenvalue weighted by Crippen LogP contribution is 2.21. The molecule has 27 N–H and O–H groups in total. The van der Waals surface area contributed by atoms with Gasteiger partial charge in [0.25, 0.3) is 0 Å². The number of nitrogen functional groups attached to an aromatic ring is 1. The number of carbonyl (C=O) groups excluding carboxylic acids is 15. The summed E-state index contributed by atoms with van der Waals surface area (Å²) in [4.78, 5) is 265. The van der Waals surface area contributed by atoms with Crippen LogP contribution in [0.2, 0.25) is 0 Å². The van der Waals surface area contributed by atoms with E-state index in [4.69, 9.17) is 17.2 Å². The number of aliphatic carboxylic acids is 5. The van der Waals surface area contributed by atoms with E-state index in [2.05, 4.69) is 65.1 Å². The van der Waals surface area contributed by atoms with Gasteiger partial charge in [0.15, 0.2) is 5.78 Å². The summed E-state index contributed by atoms with van der Waals surface area (Å²) in [5.41, 5.74) is 18.1. The molecular weight excluding hydrogens is 1570 g/mol. The number of hydrogen-bond donors (Lipinski definition) is 24. The van der Waals surface area contributed by atoms with E-state index in [1.54, 1.807) is 30.5 Å². The summed E-state index contributed by atoms with van der Waals surface area (Å²) in [6.45, 7) is 1.60. The Hall–Kier alpha value is -12.5. The van der Waals surface area contributed by atoms with Crippen LogP contribution in [0.1, 0.15) is 146 Å². The lowest BCUT2D eigenvalue weighted by atomic mass is 9.96. The Kier molecular flexibility index (Phi) is 44.2. The Bertz CT molecular complexity index is 4030. The number of para-hydroxylation sites is 2. The molecule has 0 bridgehead atoms. The van der Waals surface area contributed by atoms with Crippen molar-refractivity contribution in [2.45, 2.75) is 209 Å². The van der Waals surface area contributed by atoms with Crippen molar-refractivity contribution in [1.82, 2.24) is 74.1 Å². The van der Waals surface area contributed by atoms with Crippen LogP contribution >= 0.6 is 12.4 Å². The lowest BCUT2D eigenvalue weighted by Gasteiger charge is -2.27. The Morgan fingerprint density at radius 3 is 1.44 bits per heavy atom. The fourth-order valence-electron chi connectivity index (χ4n) is 11.4. The molecule has 2 aromatic carbocycles. The molecule has 0 unspecified atom stereocenters. The molecule has 0 aliphatic carbocycles. The van der Waals surface area contributed by atoms with Crippen molar-refractivity contribution >= 4 is 147 Å². The Morgan fingerprint density at radius 2 is 0.897 bits per heavy atom. The lowest BCUT2D eigenvalue weighted by molar-refractivity contribution is -0.143. The SMILES string of the molecule is CCCCCCCCCC(=O)N[C@@H](Cc1c[nH]c2ccccc12)C(=O)N[C@H](CC(N)=O)C(=O)N[C@@H](CC(=O)O)C(=O)N[C@H](C(=O)NCC(=O)N[C@@H](CCCN)C(=O)N[C@@H](CC(=O)O)C(=O)N[C@H](C)C(=O)N[C@@H](CC(=O)O)C(=O)NCC(=O)N[C@H](CO)C(=O)N[C@H](C(=O)N[C@@H](CC(=O)c1ccccc1N)C(=O)O)[C@H](C)CC(=O)O)[C@@H](C)O.Cl. The summed E-state index contributed by atoms with van der Waals surface area (Å²) in [7, 11) is 0. The van der Waals surface area contributed by atoms with Crippen LogP contribution in [0.15, 0.2) is 54.7 Å². The van der Waals surface area contributed by atoms with Gasteiger partial charge in [-0.1, -0.05) is 82.7 Å². The molecule has 13 atom stereocenters. The van der Waals surface area contributed by atoms with E-state index < -0.39 is 255 Å². The number of carboxylic acid groups (broad SMARTS) is 5. The molecule has 0 fully saturated rings. The van der Waals surface area contributed by atoms with Gasteiger partial charge in [0.1, 0.15) is 66.5 Å². The van der Waals surface area contributed by atoms with Crippen LogP contribution in [0, 0.1) is 5.92 Å². The summed E-state index contributed by atoms with van der Waals surface area (Å²) >= 11 is 0. The summed E-state index contributed by atoms with van der Waals surface area (Å²) in [5.74, 6) is -27.9. The smallest absolute Gasteiger partial charge is 0.326 e. The molecule has 0 aliphatic rings. The van der Waals surface area contributed by atoms with Gasteiger partial charge in [-0.15, -0.1) is 12.4 Å². The number of aliphatic hydroxyl groups excluding tert-OH is 2. The number of carbonyl (C=O) groups is 20. The predicted molar refractivity (Wildman–Crippen MR) is 411 cm³/mol. The van der Waals surface area contributed by atoms with Crippen LogP contribution < -0.4 is 86.3 Å². The maximum absolute atomic E-state index is 14.1. The minimum atomic E-state index is -2.13. The van der Waals surface area contributed by atoms with Crippen LogP contribution in [0.5, 0.6) is 0 Å². The predicted octanol–water partition coefficient (Wildman–Crippen LogP) is -5.68. The van der Waals surface area contributed by atoms with Crippen molar-refractivity contribution < 1.29 is 132 Å². The fourth-order valence-corrected chi connectivity index (χ4v) is 11.4. The Balaban J connectivity index is 0.0000464. The van der Waals surface area contributed by atoms with E-state index in [-0.39, 0.29) is 55.9 Å². The summed E-state index contributed by atoms with van der Waals surface area (Å²) in [6, 6.07) is -8.39. The summed E-state index contributed by atoms with van der Waals surface area (Å²) in [6.07, 6.45) is -0.693. The van der Waals surface area contributed by atoms with Crippen LogP contribution in [0.25, 0.3) is 10.9 Å². The zero-order valence-electron chi connectivity index (χ0n) is 64.5. The van der Waals surface area contributed by atoms with Gasteiger partial charge >= 0.3 is 29.8 Å². The van der Waals surface area contributed by atoms with Gasteiger partial charge in [0.2, 0.25) is 82.7 Å². The highest BCUT2D eigenvalue weighted by Gasteiger charge is 2.39. The second-order valence-corrected chi connectivity index (χ2v) is 27.2. The average Bonchev–Trinajstić information content (AvgIpc) is 1.68. The van der Waals surface area contributed by atoms with E-state index in [0.717, 1.165) is 59.3 Å². The topological polar surface area (TPSA) is 733 Å². The molecule has 3 aromatic rings. The number of aromatic amines is 1. The average molecular weight is 1680 g/mol. The molecule has 44 nitrogen and oxygen atoms in total. The van der Waals surface area contributed by atoms with Gasteiger partial charge in [-0.05, 0) is 69.3 Å². The number of aromatic nitrogens is 1. The number of rotatable bonds is 55. The number of H-pyrrole nitrogens is 1. The van der Waals surface area contributed by atoms with Crippen molar-refractivity contribution in [3.05, 3.63) is 65.9 Å². The second kappa shape index (κ2) is 51.4. The lowest BCUT2D eigenvalue weighted by Crippen LogP contribution is -2.61. The number of carboxylic acids is 5. The molecule has 45 heteroatoms. The van der Waals surface area contributed by atoms with Crippen LogP contribution in [-0.2, 0) is 97.5 Å². The summed E-state index contributed by atoms with van der Waals surface area (Å²) < 4.78 is 0. The zero-order chi connectivity index (χ0) is 87.1. The molecular formula is C72H104ClN17O27. The second-order valence-electron chi connectivity index (χ2n) is 27.2. The molecule has 3 rings (SSSR count). The number of primary amides is 1. The zero-order valence-corrected chi connectivity index (χ0v) is 65.3. The van der Waals surface area contributed by atoms with Crippen molar-refractivity contribution in [1.29, 1.82) is 0 Å². The molecule has 0 saturated carbocycles. The number of ketones is 1. The fraction of sp³-hybridized carbons (Fsp3) is 0.528. The molecule has 0 radical (unpaired) electrons. The monoisotopic (exact) mass is 1670 g/mol. The third-order valence-electron chi connectivity index (χ3n) is 17.6. The van der Waals surface area contributed by atoms with E-state index in [0.29, 0.717) is 22.9 Å². The summed E-state index contributed by atoms with van der Waals surface area (Å²) in [5, 5.41) is 97.9. The molecule has 0 aliphatic heterocycles. The molecule has 0 saturated heterocycles. The van der Waals surface area contributed by atoms with Crippen molar-refractivity contribution in [2.75, 3.05) is 32.0 Å². The minimum Gasteiger partial charge on any atom is -0.481 e. The first-order valence-corrected chi connectivity index (χ1v) is 36.9. The van der Waals surface area contributed by atoms with Gasteiger partial charge in [-0.3, -0.25) is 91.1 Å². The van der Waals surface area contributed by atoms with Crippen molar-refractivity contribution in [2.24, 2.45) is 17.4 Å². The van der Waals surface area contributed by atoms with Gasteiger partial charge in [0.05, 0.1) is 57.9 Å². The van der Waals surface area contributed by atoms with Gasteiger partial charge in [0, 0.05) is 47.6 Å². The maximum atomic E-state index is 14.1. The molecule has 14 amide bonds. The highest BCUT2D eigenvalue weighted by molar-refractivity contribution is 6.05. The van der Waals surface area contributed by atoms with E-state index in [1.807, 2.05) is 16.0 Å². The number of benzene rings is 2. The minimum absolute atomic E-state index is 0. The standard InChI is InChI=1S/C72H103N17O27.ClH/c1-5-6-7-8-9-10-11-22-53(94)81-44(25-38-31-76-42-20-15-13-17-39(38)42)66(109)84-45(27-52(75)93)67(110)86-48(30-59(103)104)68(111)89-61(37(4)91)70(113)78-33-54(95)80-43(21-16-23-73)64(107)85-47(29-58(101)102)65(108)79-36(3)62(105)83-46(28-57(99)100)63(106)77-32-55(96)82-50(34-90)69(112)88-60(35(2)24-56(97)98)71(114)87-49(72(115)116)26-51(92)40-18-12-14-19-41(40)74;/h12-15,17-20,31,35-37,43-50,60-61,76,90-91H,5-11,16,21-30,32-34,73-74H2,1-4H3,(H2,75,93)(H,77,106)(H,78,113)(H,79,108)(H,80,95)(H,81,94)(H,82,96)(H,83,105)(H,84,109)(H,85,107)(H,86,110)(H,87,114)(H,88,112)(H,89,111)(H,97,98)(H,99,100)(H,101,102)(H,103,104)(H,115,116);1H/t35-,36-,37-,43+,44+,45-,46+,47+,48+,49+,50-,60+,61+;/m1./s1. The number of aliphatic hydroxyl groups is 2. The molecule has 1 heterocycles. The van der Waals surface area contributed by atoms with Gasteiger partial charge in [-0.25, -0.2) is 4.79 Å². The Labute approximate surface area is 675 Å². The van der Waals surface area contributed by atoms with Crippen LogP contribution in [0.4, 0.5) is 5.69 Å². The first-order valence-electron chi connectivity index (χ1n) is 36.9. The third kappa shape index (κ3) is 36.3. The number of anilines is 1. The third-order valence-corrected chi connectivity index (χ3v) is 17.6. The van der Waals surface area contributed by atoms with Crippen molar-refractivity contribution in [3.8, 4) is 0 Å². The van der Waals surface area contributed by atoms with Crippen LogP contribution in [0.3, 0.4) is 0 Å². The number of unbranched alkanes of at least 4 members (excludes halogenated alkanes) is 6. The number of hydrogen-bond acceptors (Lipinski definition) is 24. The highest BCUT2D eigenvalue weighted by atomic mass is 35.5. The number of Topliss-reactive ketones (excluding diaryl/α,β-unsaturated/α-hetero) is 1.